The topological polar surface area (TPSA) is 76.7 Å². The van der Waals surface area contributed by atoms with Crippen LogP contribution in [0, 0.1) is 13.8 Å². The zero-order chi connectivity index (χ0) is 19.1. The molecule has 6 nitrogen and oxygen atoms in total. The molecule has 0 spiro atoms. The van der Waals surface area contributed by atoms with Crippen molar-refractivity contribution in [2.75, 3.05) is 19.5 Å². The molecule has 0 bridgehead atoms. The Labute approximate surface area is 153 Å². The highest BCUT2D eigenvalue weighted by Crippen LogP contribution is 2.23. The van der Waals surface area contributed by atoms with Gasteiger partial charge in [-0.25, -0.2) is 0 Å². The van der Waals surface area contributed by atoms with Gasteiger partial charge in [0.2, 0.25) is 11.8 Å². The van der Waals surface area contributed by atoms with Gasteiger partial charge in [0, 0.05) is 17.8 Å². The second kappa shape index (κ2) is 8.89. The number of carbonyl (C=O) groups is 2. The molecule has 0 heterocycles. The van der Waals surface area contributed by atoms with E-state index in [2.05, 4.69) is 10.6 Å². The first-order valence-electron chi connectivity index (χ1n) is 8.27. The third-order valence-corrected chi connectivity index (χ3v) is 3.79. The Bertz CT molecular complexity index is 782. The molecule has 0 unspecified atom stereocenters. The molecule has 2 aromatic rings. The van der Waals surface area contributed by atoms with Gasteiger partial charge in [0.1, 0.15) is 17.9 Å². The van der Waals surface area contributed by atoms with E-state index in [1.807, 2.05) is 32.0 Å². The Kier molecular flexibility index (Phi) is 6.60. The van der Waals surface area contributed by atoms with Crippen molar-refractivity contribution in [3.63, 3.8) is 0 Å². The van der Waals surface area contributed by atoms with Gasteiger partial charge in [-0.15, -0.1) is 0 Å². The number of aryl methyl sites for hydroxylation is 2. The number of nitrogens with one attached hydrogen (secondary N) is 2. The molecule has 0 atom stereocenters. The van der Waals surface area contributed by atoms with E-state index in [-0.39, 0.29) is 24.8 Å². The van der Waals surface area contributed by atoms with Crippen LogP contribution in [-0.4, -0.2) is 26.0 Å². The summed E-state index contributed by atoms with van der Waals surface area (Å²) in [6, 6.07) is 11.1. The van der Waals surface area contributed by atoms with Crippen molar-refractivity contribution in [3.8, 4) is 11.5 Å². The lowest BCUT2D eigenvalue weighted by molar-refractivity contribution is -0.126. The maximum Gasteiger partial charge on any atom is 0.233 e. The molecule has 0 saturated carbocycles. The maximum atomic E-state index is 12.1. The Hall–Kier alpha value is -3.02. The fraction of sp³-hybridized carbons (Fsp3) is 0.300. The number of rotatable bonds is 7. The quantitative estimate of drug-likeness (QED) is 0.748. The summed E-state index contributed by atoms with van der Waals surface area (Å²) in [5.41, 5.74) is 3.56. The summed E-state index contributed by atoms with van der Waals surface area (Å²) in [6.45, 7) is 4.16. The molecule has 0 aliphatic rings. The van der Waals surface area contributed by atoms with Crippen LogP contribution < -0.4 is 20.1 Å². The lowest BCUT2D eigenvalue weighted by atomic mass is 10.1. The van der Waals surface area contributed by atoms with Crippen molar-refractivity contribution >= 4 is 17.5 Å². The Morgan fingerprint density at radius 3 is 2.23 bits per heavy atom. The SMILES string of the molecule is COc1ccc(OC)c(CNC(=O)CC(=O)Nc2cc(C)cc(C)c2)c1. The molecule has 6 heteroatoms. The van der Waals surface area contributed by atoms with Gasteiger partial charge in [-0.1, -0.05) is 6.07 Å². The third kappa shape index (κ3) is 5.51. The lowest BCUT2D eigenvalue weighted by Crippen LogP contribution is -2.28. The molecular formula is C20H24N2O4. The zero-order valence-electron chi connectivity index (χ0n) is 15.5. The van der Waals surface area contributed by atoms with E-state index in [4.69, 9.17) is 9.47 Å². The Morgan fingerprint density at radius 2 is 1.62 bits per heavy atom. The fourth-order valence-corrected chi connectivity index (χ4v) is 2.67. The number of carbonyl (C=O) groups excluding carboxylic acids is 2. The monoisotopic (exact) mass is 356 g/mol. The normalized spacial score (nSPS) is 10.2. The minimum Gasteiger partial charge on any atom is -0.497 e. The molecule has 0 aromatic heterocycles. The average molecular weight is 356 g/mol. The van der Waals surface area contributed by atoms with Gasteiger partial charge in [-0.2, -0.15) is 0 Å². The summed E-state index contributed by atoms with van der Waals surface area (Å²) in [5, 5.41) is 5.48. The van der Waals surface area contributed by atoms with Gasteiger partial charge >= 0.3 is 0 Å². The van der Waals surface area contributed by atoms with Crippen LogP contribution in [0.2, 0.25) is 0 Å². The highest BCUT2D eigenvalue weighted by Gasteiger charge is 2.12. The summed E-state index contributed by atoms with van der Waals surface area (Å²) >= 11 is 0. The van der Waals surface area contributed by atoms with E-state index < -0.39 is 0 Å². The molecule has 0 aliphatic carbocycles. The molecule has 2 amide bonds. The minimum atomic E-state index is -0.364. The molecule has 0 radical (unpaired) electrons. The zero-order valence-corrected chi connectivity index (χ0v) is 15.5. The van der Waals surface area contributed by atoms with Gasteiger partial charge in [-0.05, 0) is 55.3 Å². The predicted molar refractivity (Wildman–Crippen MR) is 101 cm³/mol. The van der Waals surface area contributed by atoms with Gasteiger partial charge in [0.25, 0.3) is 0 Å². The van der Waals surface area contributed by atoms with Crippen molar-refractivity contribution in [2.45, 2.75) is 26.8 Å². The minimum absolute atomic E-state index is 0.246. The van der Waals surface area contributed by atoms with Crippen LogP contribution in [0.5, 0.6) is 11.5 Å². The number of amides is 2. The number of benzene rings is 2. The number of methoxy groups -OCH3 is 2. The van der Waals surface area contributed by atoms with Crippen LogP contribution in [0.15, 0.2) is 36.4 Å². The summed E-state index contributed by atoms with van der Waals surface area (Å²) < 4.78 is 10.5. The van der Waals surface area contributed by atoms with Crippen molar-refractivity contribution in [2.24, 2.45) is 0 Å². The van der Waals surface area contributed by atoms with Crippen molar-refractivity contribution < 1.29 is 19.1 Å². The summed E-state index contributed by atoms with van der Waals surface area (Å²) in [5.74, 6) is 0.593. The van der Waals surface area contributed by atoms with Crippen molar-refractivity contribution in [1.29, 1.82) is 0 Å². The standard InChI is InChI=1S/C20H24N2O4/c1-13-7-14(2)9-16(8-13)22-20(24)11-19(23)21-12-15-10-17(25-3)5-6-18(15)26-4/h5-10H,11-12H2,1-4H3,(H,21,23)(H,22,24). The molecule has 2 rings (SSSR count). The molecule has 0 fully saturated rings. The van der Waals surface area contributed by atoms with Gasteiger partial charge in [0.15, 0.2) is 0 Å². The van der Waals surface area contributed by atoms with Crippen LogP contribution in [0.4, 0.5) is 5.69 Å². The van der Waals surface area contributed by atoms with Crippen LogP contribution in [-0.2, 0) is 16.1 Å². The first-order valence-corrected chi connectivity index (χ1v) is 8.27. The smallest absolute Gasteiger partial charge is 0.233 e. The summed E-state index contributed by atoms with van der Waals surface area (Å²) in [7, 11) is 3.13. The number of hydrogen-bond donors (Lipinski definition) is 2. The first kappa shape index (κ1) is 19.3. The van der Waals surface area contributed by atoms with Crippen LogP contribution in [0.25, 0.3) is 0 Å². The first-order chi connectivity index (χ1) is 12.4. The molecule has 2 aromatic carbocycles. The molecule has 138 valence electrons. The van der Waals surface area contributed by atoms with E-state index in [1.54, 1.807) is 32.4 Å². The molecule has 2 N–H and O–H groups in total. The van der Waals surface area contributed by atoms with Crippen LogP contribution >= 0.6 is 0 Å². The highest BCUT2D eigenvalue weighted by molar-refractivity contribution is 6.03. The van der Waals surface area contributed by atoms with Gasteiger partial charge in [-0.3, -0.25) is 9.59 Å². The van der Waals surface area contributed by atoms with E-state index >= 15 is 0 Å². The van der Waals surface area contributed by atoms with Crippen molar-refractivity contribution in [3.05, 3.63) is 53.1 Å². The summed E-state index contributed by atoms with van der Waals surface area (Å²) in [6.07, 6.45) is -0.251. The van der Waals surface area contributed by atoms with Gasteiger partial charge in [0.05, 0.1) is 14.2 Å². The fourth-order valence-electron chi connectivity index (χ4n) is 2.67. The second-order valence-corrected chi connectivity index (χ2v) is 6.06. The Balaban J connectivity index is 1.91. The lowest BCUT2D eigenvalue weighted by Gasteiger charge is -2.12. The van der Waals surface area contributed by atoms with Gasteiger partial charge < -0.3 is 20.1 Å². The van der Waals surface area contributed by atoms with Crippen molar-refractivity contribution in [1.82, 2.24) is 5.32 Å². The highest BCUT2D eigenvalue weighted by atomic mass is 16.5. The second-order valence-electron chi connectivity index (χ2n) is 6.06. The molecule has 0 saturated heterocycles. The van der Waals surface area contributed by atoms with E-state index in [0.29, 0.717) is 17.2 Å². The van der Waals surface area contributed by atoms with E-state index in [9.17, 15) is 9.59 Å². The third-order valence-electron chi connectivity index (χ3n) is 3.79. The summed E-state index contributed by atoms with van der Waals surface area (Å²) in [4.78, 5) is 24.1. The largest absolute Gasteiger partial charge is 0.497 e. The molecular weight excluding hydrogens is 332 g/mol. The number of ether oxygens (including phenoxy) is 2. The molecule has 0 aliphatic heterocycles. The number of anilines is 1. The van der Waals surface area contributed by atoms with E-state index in [1.165, 1.54) is 0 Å². The van der Waals surface area contributed by atoms with Crippen LogP contribution in [0.1, 0.15) is 23.1 Å². The maximum absolute atomic E-state index is 12.1. The van der Waals surface area contributed by atoms with E-state index in [0.717, 1.165) is 16.7 Å². The predicted octanol–water partition coefficient (Wildman–Crippen LogP) is 2.97. The average Bonchev–Trinajstić information content (AvgIpc) is 2.58. The molecule has 26 heavy (non-hydrogen) atoms. The van der Waals surface area contributed by atoms with Crippen LogP contribution in [0.3, 0.4) is 0 Å². The Morgan fingerprint density at radius 1 is 0.923 bits per heavy atom. The number of hydrogen-bond acceptors (Lipinski definition) is 4.